The molecule has 0 atom stereocenters. The molecule has 21 heavy (non-hydrogen) atoms. The maximum atomic E-state index is 11.9. The number of hydrogen-bond acceptors (Lipinski definition) is 4. The Hall–Kier alpha value is -2.06. The van der Waals surface area contributed by atoms with Crippen LogP contribution in [0.25, 0.3) is 0 Å². The standard InChI is InChI=1S/C16H20N2O3/c17-8-9-21-14-5-3-4-13(10-14)11-15(19)18-12-16(20)6-1-2-7-16/h3-5,10,20H,1-2,6-7,9,11-12H2,(H,18,19). The van der Waals surface area contributed by atoms with E-state index in [0.29, 0.717) is 12.3 Å². The molecule has 1 saturated carbocycles. The first-order valence-electron chi connectivity index (χ1n) is 7.19. The minimum Gasteiger partial charge on any atom is -0.479 e. The van der Waals surface area contributed by atoms with Crippen molar-refractivity contribution in [3.63, 3.8) is 0 Å². The van der Waals surface area contributed by atoms with Gasteiger partial charge in [-0.25, -0.2) is 0 Å². The summed E-state index contributed by atoms with van der Waals surface area (Å²) in [6.45, 7) is 0.305. The van der Waals surface area contributed by atoms with Crippen LogP contribution in [0.2, 0.25) is 0 Å². The number of hydrogen-bond donors (Lipinski definition) is 2. The summed E-state index contributed by atoms with van der Waals surface area (Å²) in [5.41, 5.74) is 0.0919. The molecule has 112 valence electrons. The van der Waals surface area contributed by atoms with Crippen LogP contribution in [0.1, 0.15) is 31.2 Å². The lowest BCUT2D eigenvalue weighted by molar-refractivity contribution is -0.121. The van der Waals surface area contributed by atoms with Crippen molar-refractivity contribution in [2.75, 3.05) is 13.2 Å². The van der Waals surface area contributed by atoms with Crippen LogP contribution in [0, 0.1) is 11.3 Å². The third-order valence-corrected chi connectivity index (χ3v) is 3.72. The largest absolute Gasteiger partial charge is 0.479 e. The Morgan fingerprint density at radius 3 is 2.90 bits per heavy atom. The highest BCUT2D eigenvalue weighted by Crippen LogP contribution is 2.28. The lowest BCUT2D eigenvalue weighted by Crippen LogP contribution is -2.41. The lowest BCUT2D eigenvalue weighted by atomic mass is 10.0. The van der Waals surface area contributed by atoms with Crippen molar-refractivity contribution in [3.8, 4) is 11.8 Å². The van der Waals surface area contributed by atoms with Gasteiger partial charge in [0.25, 0.3) is 0 Å². The van der Waals surface area contributed by atoms with Gasteiger partial charge in [0.2, 0.25) is 5.91 Å². The second-order valence-corrected chi connectivity index (χ2v) is 5.48. The van der Waals surface area contributed by atoms with E-state index in [9.17, 15) is 9.90 Å². The number of carbonyl (C=O) groups excluding carboxylic acids is 1. The van der Waals surface area contributed by atoms with E-state index in [-0.39, 0.29) is 18.9 Å². The normalized spacial score (nSPS) is 16.2. The van der Waals surface area contributed by atoms with Crippen LogP contribution in [-0.4, -0.2) is 29.8 Å². The first-order chi connectivity index (χ1) is 10.1. The van der Waals surface area contributed by atoms with Gasteiger partial charge < -0.3 is 15.2 Å². The lowest BCUT2D eigenvalue weighted by Gasteiger charge is -2.22. The minimum absolute atomic E-state index is 0.0112. The highest BCUT2D eigenvalue weighted by molar-refractivity contribution is 5.78. The van der Waals surface area contributed by atoms with E-state index < -0.39 is 5.60 Å². The summed E-state index contributed by atoms with van der Waals surface area (Å²) in [4.78, 5) is 11.9. The van der Waals surface area contributed by atoms with Crippen LogP contribution in [0.4, 0.5) is 0 Å². The first kappa shape index (κ1) is 15.3. The predicted molar refractivity (Wildman–Crippen MR) is 77.7 cm³/mol. The Morgan fingerprint density at radius 1 is 1.43 bits per heavy atom. The van der Waals surface area contributed by atoms with Gasteiger partial charge in [-0.1, -0.05) is 25.0 Å². The molecule has 2 N–H and O–H groups in total. The zero-order valence-electron chi connectivity index (χ0n) is 12.0. The van der Waals surface area contributed by atoms with E-state index in [2.05, 4.69) is 5.32 Å². The summed E-state index contributed by atoms with van der Waals surface area (Å²) < 4.78 is 5.20. The van der Waals surface area contributed by atoms with Crippen molar-refractivity contribution >= 4 is 5.91 Å². The number of nitriles is 1. The van der Waals surface area contributed by atoms with Gasteiger partial charge in [-0.3, -0.25) is 4.79 Å². The molecule has 2 rings (SSSR count). The molecule has 5 nitrogen and oxygen atoms in total. The van der Waals surface area contributed by atoms with Gasteiger partial charge >= 0.3 is 0 Å². The van der Waals surface area contributed by atoms with Gasteiger partial charge in [-0.2, -0.15) is 5.26 Å². The maximum Gasteiger partial charge on any atom is 0.224 e. The number of rotatable bonds is 6. The smallest absolute Gasteiger partial charge is 0.224 e. The van der Waals surface area contributed by atoms with Crippen molar-refractivity contribution in [2.45, 2.75) is 37.7 Å². The number of nitrogens with zero attached hydrogens (tertiary/aromatic N) is 1. The Morgan fingerprint density at radius 2 is 2.19 bits per heavy atom. The fraction of sp³-hybridized carbons (Fsp3) is 0.500. The number of nitrogens with one attached hydrogen (secondary N) is 1. The van der Waals surface area contributed by atoms with Crippen LogP contribution in [0.15, 0.2) is 24.3 Å². The maximum absolute atomic E-state index is 11.9. The molecule has 0 aliphatic heterocycles. The Balaban J connectivity index is 1.83. The van der Waals surface area contributed by atoms with E-state index in [4.69, 9.17) is 10.00 Å². The van der Waals surface area contributed by atoms with Crippen LogP contribution in [0.3, 0.4) is 0 Å². The second-order valence-electron chi connectivity index (χ2n) is 5.48. The summed E-state index contributed by atoms with van der Waals surface area (Å²) in [7, 11) is 0. The fourth-order valence-electron chi connectivity index (χ4n) is 2.58. The highest BCUT2D eigenvalue weighted by Gasteiger charge is 2.31. The molecule has 0 unspecified atom stereocenters. The number of ether oxygens (including phenoxy) is 1. The molecule has 1 aliphatic rings. The zero-order chi connectivity index (χ0) is 15.1. The van der Waals surface area contributed by atoms with Gasteiger partial charge in [0.05, 0.1) is 12.0 Å². The number of amides is 1. The van der Waals surface area contributed by atoms with Gasteiger partial charge in [0.15, 0.2) is 6.61 Å². The van der Waals surface area contributed by atoms with Crippen molar-refractivity contribution in [3.05, 3.63) is 29.8 Å². The molecular weight excluding hydrogens is 268 g/mol. The number of aliphatic hydroxyl groups is 1. The first-order valence-corrected chi connectivity index (χ1v) is 7.19. The van der Waals surface area contributed by atoms with E-state index in [1.165, 1.54) is 0 Å². The highest BCUT2D eigenvalue weighted by atomic mass is 16.5. The number of carbonyl (C=O) groups is 1. The average Bonchev–Trinajstić information content (AvgIpc) is 2.91. The molecule has 1 amide bonds. The molecule has 0 aromatic heterocycles. The van der Waals surface area contributed by atoms with Crippen molar-refractivity contribution in [2.24, 2.45) is 0 Å². The van der Waals surface area contributed by atoms with Gasteiger partial charge in [0.1, 0.15) is 11.8 Å². The Kier molecular flexibility index (Phi) is 5.18. The monoisotopic (exact) mass is 288 g/mol. The molecule has 1 fully saturated rings. The second kappa shape index (κ2) is 7.09. The summed E-state index contributed by atoms with van der Waals surface area (Å²) in [6, 6.07) is 9.03. The van der Waals surface area contributed by atoms with Crippen LogP contribution < -0.4 is 10.1 Å². The predicted octanol–water partition coefficient (Wildman–Crippen LogP) is 1.55. The van der Waals surface area contributed by atoms with Crippen LogP contribution >= 0.6 is 0 Å². The SMILES string of the molecule is N#CCOc1cccc(CC(=O)NCC2(O)CCCC2)c1. The molecule has 0 spiro atoms. The van der Waals surface area contributed by atoms with Crippen molar-refractivity contribution in [1.29, 1.82) is 5.26 Å². The minimum atomic E-state index is -0.729. The molecule has 0 bridgehead atoms. The van der Waals surface area contributed by atoms with E-state index in [1.807, 2.05) is 12.1 Å². The van der Waals surface area contributed by atoms with Crippen LogP contribution in [0.5, 0.6) is 5.75 Å². The zero-order valence-corrected chi connectivity index (χ0v) is 12.0. The van der Waals surface area contributed by atoms with Gasteiger partial charge in [-0.05, 0) is 30.5 Å². The summed E-state index contributed by atoms with van der Waals surface area (Å²) >= 11 is 0. The fourth-order valence-corrected chi connectivity index (χ4v) is 2.58. The molecule has 5 heteroatoms. The Labute approximate surface area is 124 Å². The summed E-state index contributed by atoms with van der Waals surface area (Å²) in [6.07, 6.45) is 3.78. The molecular formula is C16H20N2O3. The number of benzene rings is 1. The van der Waals surface area contributed by atoms with Crippen LogP contribution in [-0.2, 0) is 11.2 Å². The average molecular weight is 288 g/mol. The molecule has 0 heterocycles. The molecule has 0 radical (unpaired) electrons. The molecule has 1 aliphatic carbocycles. The van der Waals surface area contributed by atoms with E-state index in [1.54, 1.807) is 18.2 Å². The van der Waals surface area contributed by atoms with Gasteiger partial charge in [0, 0.05) is 6.54 Å². The Bertz CT molecular complexity index is 531. The third-order valence-electron chi connectivity index (χ3n) is 3.72. The molecule has 1 aromatic rings. The summed E-state index contributed by atoms with van der Waals surface area (Å²) in [5, 5.41) is 21.5. The third kappa shape index (κ3) is 4.76. The van der Waals surface area contributed by atoms with Crippen molar-refractivity contribution in [1.82, 2.24) is 5.32 Å². The molecule has 0 saturated heterocycles. The molecule has 1 aromatic carbocycles. The van der Waals surface area contributed by atoms with E-state index >= 15 is 0 Å². The van der Waals surface area contributed by atoms with Crippen molar-refractivity contribution < 1.29 is 14.6 Å². The summed E-state index contributed by atoms with van der Waals surface area (Å²) in [5.74, 6) is 0.462. The van der Waals surface area contributed by atoms with Gasteiger partial charge in [-0.15, -0.1) is 0 Å². The van der Waals surface area contributed by atoms with E-state index in [0.717, 1.165) is 31.2 Å². The topological polar surface area (TPSA) is 82.3 Å². The quantitative estimate of drug-likeness (QED) is 0.832.